The normalized spacial score (nSPS) is 25.9. The lowest BCUT2D eigenvalue weighted by molar-refractivity contribution is 0.244. The van der Waals surface area contributed by atoms with Crippen LogP contribution < -0.4 is 10.6 Å². The lowest BCUT2D eigenvalue weighted by Gasteiger charge is -2.45. The van der Waals surface area contributed by atoms with Crippen molar-refractivity contribution in [2.75, 3.05) is 17.2 Å². The number of piperidine rings is 1. The second-order valence-electron chi connectivity index (χ2n) is 6.17. The van der Waals surface area contributed by atoms with Crippen LogP contribution in [0.25, 0.3) is 0 Å². The average molecular weight is 269 g/mol. The summed E-state index contributed by atoms with van der Waals surface area (Å²) in [7, 11) is 0. The molecular formula is C17H23N3. The van der Waals surface area contributed by atoms with E-state index < -0.39 is 0 Å². The number of nitriles is 1. The summed E-state index contributed by atoms with van der Waals surface area (Å²) in [4.78, 5) is 2.58. The Bertz CT molecular complexity index is 515. The molecule has 0 radical (unpaired) electrons. The fraction of sp³-hybridized carbons (Fsp3) is 0.588. The second-order valence-corrected chi connectivity index (χ2v) is 6.17. The number of hydrogen-bond donors (Lipinski definition) is 1. The van der Waals surface area contributed by atoms with Gasteiger partial charge in [-0.1, -0.05) is 12.8 Å². The Morgan fingerprint density at radius 2 is 2.00 bits per heavy atom. The van der Waals surface area contributed by atoms with Crippen LogP contribution in [0.2, 0.25) is 0 Å². The fourth-order valence-corrected chi connectivity index (χ4v) is 3.95. The van der Waals surface area contributed by atoms with E-state index in [9.17, 15) is 0 Å². The van der Waals surface area contributed by atoms with Crippen molar-refractivity contribution in [2.45, 2.75) is 51.0 Å². The van der Waals surface area contributed by atoms with Crippen molar-refractivity contribution in [2.24, 2.45) is 5.92 Å². The highest BCUT2D eigenvalue weighted by atomic mass is 15.2. The van der Waals surface area contributed by atoms with Crippen molar-refractivity contribution < 1.29 is 0 Å². The van der Waals surface area contributed by atoms with Gasteiger partial charge in [-0.05, 0) is 55.4 Å². The summed E-state index contributed by atoms with van der Waals surface area (Å²) in [6.07, 6.45) is 8.56. The molecule has 2 N–H and O–H groups in total. The minimum Gasteiger partial charge on any atom is -0.398 e. The molecule has 106 valence electrons. The molecule has 1 aliphatic carbocycles. The molecule has 1 aromatic rings. The third-order valence-corrected chi connectivity index (χ3v) is 4.97. The average Bonchev–Trinajstić information content (AvgIpc) is 2.49. The number of nitrogens with zero attached hydrogens (tertiary/aromatic N) is 2. The quantitative estimate of drug-likeness (QED) is 0.836. The first-order chi connectivity index (χ1) is 9.79. The van der Waals surface area contributed by atoms with Crippen molar-refractivity contribution in [3.8, 4) is 6.07 Å². The van der Waals surface area contributed by atoms with Crippen molar-refractivity contribution >= 4 is 11.4 Å². The maximum atomic E-state index is 8.91. The number of benzene rings is 1. The first-order valence-corrected chi connectivity index (χ1v) is 7.81. The molecule has 3 nitrogen and oxygen atoms in total. The fourth-order valence-electron chi connectivity index (χ4n) is 3.95. The minimum absolute atomic E-state index is 0.404. The zero-order chi connectivity index (χ0) is 13.9. The molecule has 1 saturated heterocycles. The van der Waals surface area contributed by atoms with Crippen LogP contribution in [-0.4, -0.2) is 12.6 Å². The highest BCUT2D eigenvalue weighted by molar-refractivity contribution is 5.60. The zero-order valence-electron chi connectivity index (χ0n) is 12.0. The van der Waals surface area contributed by atoms with Crippen LogP contribution in [0.15, 0.2) is 18.2 Å². The van der Waals surface area contributed by atoms with Gasteiger partial charge in [0.25, 0.3) is 0 Å². The van der Waals surface area contributed by atoms with Gasteiger partial charge >= 0.3 is 0 Å². The topological polar surface area (TPSA) is 53.0 Å². The monoisotopic (exact) mass is 269 g/mol. The Labute approximate surface area is 121 Å². The summed E-state index contributed by atoms with van der Waals surface area (Å²) in [5.74, 6) is 0.870. The molecule has 3 rings (SSSR count). The van der Waals surface area contributed by atoms with Gasteiger partial charge in [0.15, 0.2) is 0 Å². The molecule has 20 heavy (non-hydrogen) atoms. The van der Waals surface area contributed by atoms with E-state index in [1.807, 2.05) is 6.07 Å². The summed E-state index contributed by atoms with van der Waals surface area (Å²) in [6.45, 7) is 1.15. The predicted molar refractivity (Wildman–Crippen MR) is 82.5 cm³/mol. The lowest BCUT2D eigenvalue weighted by atomic mass is 9.78. The number of nitrogen functional groups attached to an aromatic ring is 1. The van der Waals surface area contributed by atoms with E-state index in [0.717, 1.165) is 23.7 Å². The summed E-state index contributed by atoms with van der Waals surface area (Å²) in [5, 5.41) is 8.91. The van der Waals surface area contributed by atoms with Crippen molar-refractivity contribution in [1.82, 2.24) is 0 Å². The van der Waals surface area contributed by atoms with E-state index in [4.69, 9.17) is 11.0 Å². The van der Waals surface area contributed by atoms with E-state index in [1.54, 1.807) is 0 Å². The maximum Gasteiger partial charge on any atom is 0.0670 e. The molecule has 1 aromatic carbocycles. The molecule has 2 aliphatic rings. The molecule has 0 aromatic heterocycles. The van der Waals surface area contributed by atoms with Crippen molar-refractivity contribution in [3.63, 3.8) is 0 Å². The van der Waals surface area contributed by atoms with Gasteiger partial charge in [0.2, 0.25) is 0 Å². The molecule has 0 bridgehead atoms. The van der Waals surface area contributed by atoms with Crippen LogP contribution in [0.3, 0.4) is 0 Å². The largest absolute Gasteiger partial charge is 0.398 e. The molecule has 2 atom stereocenters. The number of hydrogen-bond acceptors (Lipinski definition) is 3. The van der Waals surface area contributed by atoms with Crippen LogP contribution in [0.5, 0.6) is 0 Å². The van der Waals surface area contributed by atoms with Crippen LogP contribution in [0, 0.1) is 17.2 Å². The van der Waals surface area contributed by atoms with E-state index in [1.165, 1.54) is 44.2 Å². The zero-order valence-corrected chi connectivity index (χ0v) is 12.0. The van der Waals surface area contributed by atoms with Crippen molar-refractivity contribution in [3.05, 3.63) is 23.8 Å². The standard InChI is InChI=1S/C17H23N3/c18-10-9-14-12-15(7-8-16(14)19)20-11-3-5-13-4-1-2-6-17(13)20/h7-8,12-13,17H,1-6,9,11,19H2. The first-order valence-electron chi connectivity index (χ1n) is 7.81. The van der Waals surface area contributed by atoms with Gasteiger partial charge < -0.3 is 10.6 Å². The second kappa shape index (κ2) is 5.75. The molecule has 1 aliphatic heterocycles. The molecular weight excluding hydrogens is 246 g/mol. The molecule has 0 amide bonds. The van der Waals surface area contributed by atoms with E-state index in [-0.39, 0.29) is 0 Å². The van der Waals surface area contributed by atoms with Gasteiger partial charge in [-0.2, -0.15) is 5.26 Å². The third-order valence-electron chi connectivity index (χ3n) is 4.97. The number of nitrogens with two attached hydrogens (primary N) is 1. The molecule has 1 heterocycles. The summed E-state index contributed by atoms with van der Waals surface area (Å²) in [5.41, 5.74) is 8.95. The Morgan fingerprint density at radius 3 is 2.85 bits per heavy atom. The molecule has 0 spiro atoms. The maximum absolute atomic E-state index is 8.91. The highest BCUT2D eigenvalue weighted by Crippen LogP contribution is 2.38. The van der Waals surface area contributed by atoms with Gasteiger partial charge in [-0.25, -0.2) is 0 Å². The summed E-state index contributed by atoms with van der Waals surface area (Å²) >= 11 is 0. The SMILES string of the molecule is N#CCc1cc(N2CCCC3CCCCC32)ccc1N. The summed E-state index contributed by atoms with van der Waals surface area (Å²) in [6, 6.07) is 9.15. The number of anilines is 2. The minimum atomic E-state index is 0.404. The van der Waals surface area contributed by atoms with Crippen LogP contribution >= 0.6 is 0 Å². The Kier molecular flexibility index (Phi) is 3.82. The van der Waals surface area contributed by atoms with E-state index >= 15 is 0 Å². The Balaban J connectivity index is 1.87. The first kappa shape index (κ1) is 13.3. The van der Waals surface area contributed by atoms with Crippen molar-refractivity contribution in [1.29, 1.82) is 5.26 Å². The lowest BCUT2D eigenvalue weighted by Crippen LogP contribution is -2.46. The molecule has 3 heteroatoms. The third kappa shape index (κ3) is 2.47. The van der Waals surface area contributed by atoms with E-state index in [0.29, 0.717) is 12.5 Å². The van der Waals surface area contributed by atoms with Crippen LogP contribution in [0.4, 0.5) is 11.4 Å². The van der Waals surface area contributed by atoms with Crippen LogP contribution in [-0.2, 0) is 6.42 Å². The number of rotatable bonds is 2. The predicted octanol–water partition coefficient (Wildman–Crippen LogP) is 3.49. The number of fused-ring (bicyclic) bond motifs is 1. The Morgan fingerprint density at radius 1 is 1.20 bits per heavy atom. The molecule has 2 fully saturated rings. The smallest absolute Gasteiger partial charge is 0.0670 e. The molecule has 2 unspecified atom stereocenters. The van der Waals surface area contributed by atoms with Gasteiger partial charge in [0.05, 0.1) is 12.5 Å². The molecule has 1 saturated carbocycles. The van der Waals surface area contributed by atoms with Gasteiger partial charge in [0.1, 0.15) is 0 Å². The highest BCUT2D eigenvalue weighted by Gasteiger charge is 2.33. The van der Waals surface area contributed by atoms with Gasteiger partial charge in [0, 0.05) is 24.0 Å². The van der Waals surface area contributed by atoms with Gasteiger partial charge in [-0.15, -0.1) is 0 Å². The van der Waals surface area contributed by atoms with Gasteiger partial charge in [-0.3, -0.25) is 0 Å². The Hall–Kier alpha value is -1.69. The van der Waals surface area contributed by atoms with Crippen LogP contribution in [0.1, 0.15) is 44.1 Å². The van der Waals surface area contributed by atoms with E-state index in [2.05, 4.69) is 23.1 Å². The summed E-state index contributed by atoms with van der Waals surface area (Å²) < 4.78 is 0.